The van der Waals surface area contributed by atoms with Gasteiger partial charge >= 0.3 is 12.3 Å². The number of amides is 2. The minimum absolute atomic E-state index is 0.0754. The molecule has 1 aromatic carbocycles. The molecule has 0 aliphatic carbocycles. The first kappa shape index (κ1) is 25.3. The molecule has 2 amide bonds. The molecule has 0 spiro atoms. The normalized spacial score (nSPS) is 15.3. The standard InChI is InChI=1S/C24H28F3N3O4/c1-5-30-12-18-20(21(30)31)16(8-9-29-18)15-6-7-19(17(10-15)24(25,26)27)33-13-23(4,11-14(2)3)34-22(28)32/h6-10,14H,5,11-13H2,1-4H3,(H2,28,32)/t23-/m0/s1. The molecular weight excluding hydrogens is 451 g/mol. The van der Waals surface area contributed by atoms with Crippen LogP contribution in [-0.4, -0.2) is 40.6 Å². The lowest BCUT2D eigenvalue weighted by Gasteiger charge is -2.30. The Morgan fingerprint density at radius 2 is 1.97 bits per heavy atom. The van der Waals surface area contributed by atoms with E-state index in [1.807, 2.05) is 20.8 Å². The van der Waals surface area contributed by atoms with Crippen LogP contribution in [-0.2, 0) is 17.5 Å². The highest BCUT2D eigenvalue weighted by Gasteiger charge is 2.37. The maximum Gasteiger partial charge on any atom is 0.419 e. The molecule has 0 bridgehead atoms. The predicted octanol–water partition coefficient (Wildman–Crippen LogP) is 5.02. The second-order valence-corrected chi connectivity index (χ2v) is 8.97. The third-order valence-corrected chi connectivity index (χ3v) is 5.57. The molecule has 2 heterocycles. The summed E-state index contributed by atoms with van der Waals surface area (Å²) in [5, 5.41) is 0. The number of nitrogens with two attached hydrogens (primary N) is 1. The molecule has 0 radical (unpaired) electrons. The van der Waals surface area contributed by atoms with E-state index in [-0.39, 0.29) is 24.0 Å². The lowest BCUT2D eigenvalue weighted by atomic mass is 9.94. The number of benzene rings is 1. The number of hydrogen-bond acceptors (Lipinski definition) is 5. The maximum atomic E-state index is 14.0. The van der Waals surface area contributed by atoms with Crippen LogP contribution in [0.5, 0.6) is 5.75 Å². The maximum absolute atomic E-state index is 14.0. The highest BCUT2D eigenvalue weighted by molar-refractivity contribution is 6.04. The molecule has 0 fully saturated rings. The summed E-state index contributed by atoms with van der Waals surface area (Å²) >= 11 is 0. The number of halogens is 3. The topological polar surface area (TPSA) is 94.8 Å². The van der Waals surface area contributed by atoms with E-state index >= 15 is 0 Å². The predicted molar refractivity (Wildman–Crippen MR) is 119 cm³/mol. The van der Waals surface area contributed by atoms with Gasteiger partial charge in [0.2, 0.25) is 0 Å². The number of primary amides is 1. The second-order valence-electron chi connectivity index (χ2n) is 8.97. The van der Waals surface area contributed by atoms with E-state index < -0.39 is 29.2 Å². The zero-order chi connectivity index (χ0) is 25.3. The number of alkyl halides is 3. The molecule has 1 atom stereocenters. The summed E-state index contributed by atoms with van der Waals surface area (Å²) < 4.78 is 52.6. The van der Waals surface area contributed by atoms with Crippen molar-refractivity contribution in [3.63, 3.8) is 0 Å². The molecule has 3 rings (SSSR count). The average molecular weight is 479 g/mol. The van der Waals surface area contributed by atoms with Crippen LogP contribution in [0, 0.1) is 5.92 Å². The zero-order valence-corrected chi connectivity index (χ0v) is 19.5. The smallest absolute Gasteiger partial charge is 0.419 e. The number of fused-ring (bicyclic) bond motifs is 1. The van der Waals surface area contributed by atoms with Crippen molar-refractivity contribution in [2.24, 2.45) is 11.7 Å². The van der Waals surface area contributed by atoms with Crippen LogP contribution in [0.25, 0.3) is 11.1 Å². The number of nitrogens with zero attached hydrogens (tertiary/aromatic N) is 2. The first-order valence-electron chi connectivity index (χ1n) is 10.9. The van der Waals surface area contributed by atoms with Crippen molar-refractivity contribution in [1.82, 2.24) is 9.88 Å². The summed E-state index contributed by atoms with van der Waals surface area (Å²) in [6.07, 6.45) is -3.93. The molecule has 0 saturated heterocycles. The van der Waals surface area contributed by atoms with Crippen LogP contribution in [0.15, 0.2) is 30.5 Å². The lowest BCUT2D eigenvalue weighted by molar-refractivity contribution is -0.139. The van der Waals surface area contributed by atoms with Gasteiger partial charge in [0.15, 0.2) is 0 Å². The third kappa shape index (κ3) is 5.43. The molecular formula is C24H28F3N3O4. The molecule has 1 aliphatic heterocycles. The van der Waals surface area contributed by atoms with E-state index in [4.69, 9.17) is 15.2 Å². The minimum Gasteiger partial charge on any atom is -0.489 e. The van der Waals surface area contributed by atoms with Crippen molar-refractivity contribution in [2.75, 3.05) is 13.2 Å². The molecule has 0 unspecified atom stereocenters. The van der Waals surface area contributed by atoms with E-state index in [0.717, 1.165) is 6.07 Å². The third-order valence-electron chi connectivity index (χ3n) is 5.57. The zero-order valence-electron chi connectivity index (χ0n) is 19.5. The Morgan fingerprint density at radius 3 is 2.56 bits per heavy atom. The lowest BCUT2D eigenvalue weighted by Crippen LogP contribution is -2.41. The summed E-state index contributed by atoms with van der Waals surface area (Å²) in [6.45, 7) is 7.62. The molecule has 1 aliphatic rings. The number of ether oxygens (including phenoxy) is 2. The molecule has 184 valence electrons. The van der Waals surface area contributed by atoms with Crippen LogP contribution < -0.4 is 10.5 Å². The fraction of sp³-hybridized carbons (Fsp3) is 0.458. The van der Waals surface area contributed by atoms with Gasteiger partial charge in [-0.25, -0.2) is 4.79 Å². The fourth-order valence-corrected chi connectivity index (χ4v) is 4.28. The Morgan fingerprint density at radius 1 is 1.26 bits per heavy atom. The Labute approximate surface area is 196 Å². The van der Waals surface area contributed by atoms with Crippen LogP contribution in [0.4, 0.5) is 18.0 Å². The van der Waals surface area contributed by atoms with Gasteiger partial charge in [0.05, 0.1) is 23.4 Å². The van der Waals surface area contributed by atoms with Gasteiger partial charge in [-0.3, -0.25) is 9.78 Å². The van der Waals surface area contributed by atoms with Gasteiger partial charge in [-0.2, -0.15) is 13.2 Å². The van der Waals surface area contributed by atoms with Crippen molar-refractivity contribution in [3.05, 3.63) is 47.3 Å². The van der Waals surface area contributed by atoms with Crippen molar-refractivity contribution in [3.8, 4) is 16.9 Å². The van der Waals surface area contributed by atoms with E-state index in [2.05, 4.69) is 4.98 Å². The minimum atomic E-state index is -4.72. The number of rotatable bonds is 8. The second kappa shape index (κ2) is 9.52. The quantitative estimate of drug-likeness (QED) is 0.574. The summed E-state index contributed by atoms with van der Waals surface area (Å²) in [5.74, 6) is -0.597. The summed E-state index contributed by atoms with van der Waals surface area (Å²) in [7, 11) is 0. The van der Waals surface area contributed by atoms with Gasteiger partial charge < -0.3 is 20.1 Å². The summed E-state index contributed by atoms with van der Waals surface area (Å²) in [5.41, 5.74) is 4.39. The van der Waals surface area contributed by atoms with Gasteiger partial charge in [0, 0.05) is 12.7 Å². The van der Waals surface area contributed by atoms with Gasteiger partial charge in [0.25, 0.3) is 5.91 Å². The first-order valence-corrected chi connectivity index (χ1v) is 10.9. The van der Waals surface area contributed by atoms with Crippen molar-refractivity contribution in [1.29, 1.82) is 0 Å². The monoisotopic (exact) mass is 479 g/mol. The number of carbonyl (C=O) groups is 2. The van der Waals surface area contributed by atoms with E-state index in [1.165, 1.54) is 24.4 Å². The van der Waals surface area contributed by atoms with Crippen molar-refractivity contribution < 1.29 is 32.2 Å². The van der Waals surface area contributed by atoms with E-state index in [9.17, 15) is 22.8 Å². The molecule has 7 nitrogen and oxygen atoms in total. The van der Waals surface area contributed by atoms with Crippen LogP contribution in [0.3, 0.4) is 0 Å². The van der Waals surface area contributed by atoms with Crippen LogP contribution >= 0.6 is 0 Å². The van der Waals surface area contributed by atoms with Gasteiger partial charge in [0.1, 0.15) is 18.0 Å². The Balaban J connectivity index is 1.98. The summed E-state index contributed by atoms with van der Waals surface area (Å²) in [6, 6.07) is 5.17. The molecule has 10 heteroatoms. The Kier molecular flexibility index (Phi) is 7.09. The summed E-state index contributed by atoms with van der Waals surface area (Å²) in [4.78, 5) is 29.9. The Hall–Kier alpha value is -3.30. The largest absolute Gasteiger partial charge is 0.489 e. The van der Waals surface area contributed by atoms with Gasteiger partial charge in [-0.05, 0) is 55.5 Å². The van der Waals surface area contributed by atoms with Crippen LogP contribution in [0.2, 0.25) is 0 Å². The van der Waals surface area contributed by atoms with Gasteiger partial charge in [-0.15, -0.1) is 0 Å². The molecule has 2 aromatic rings. The average Bonchev–Trinajstić information content (AvgIpc) is 3.06. The molecule has 34 heavy (non-hydrogen) atoms. The highest BCUT2D eigenvalue weighted by Crippen LogP contribution is 2.41. The molecule has 2 N–H and O–H groups in total. The number of pyridine rings is 1. The van der Waals surface area contributed by atoms with Crippen LogP contribution in [0.1, 0.15) is 55.7 Å². The Bertz CT molecular complexity index is 1090. The van der Waals surface area contributed by atoms with E-state index in [0.29, 0.717) is 36.3 Å². The van der Waals surface area contributed by atoms with E-state index in [1.54, 1.807) is 11.8 Å². The fourth-order valence-electron chi connectivity index (χ4n) is 4.28. The number of aromatic nitrogens is 1. The SMILES string of the molecule is CCN1Cc2nccc(-c3ccc(OC[C@](C)(CC(C)C)OC(N)=O)c(C(F)(F)F)c3)c2C1=O. The van der Waals surface area contributed by atoms with Crippen molar-refractivity contribution >= 4 is 12.0 Å². The molecule has 1 aromatic heterocycles. The molecule has 0 saturated carbocycles. The van der Waals surface area contributed by atoms with Crippen molar-refractivity contribution in [2.45, 2.75) is 52.4 Å². The first-order chi connectivity index (χ1) is 15.8. The highest BCUT2D eigenvalue weighted by atomic mass is 19.4. The number of hydrogen-bond donors (Lipinski definition) is 1. The number of carbonyl (C=O) groups excluding carboxylic acids is 2. The van der Waals surface area contributed by atoms with Gasteiger partial charge in [-0.1, -0.05) is 19.9 Å².